The van der Waals surface area contributed by atoms with E-state index in [9.17, 15) is 17.6 Å². The fraction of sp³-hybridized carbons (Fsp3) is 0.269. The number of nitrogens with zero attached hydrogens (tertiary/aromatic N) is 2. The standard InChI is InChI=1S/C26H24ClF3N6O4S/c1-40-26-19(9-14(27)12-33-26)41(38,39)36-18-7-6-17(28)20(22(18)30)15-4-5-16-23(21(15)29)34-35-24(16)25(37)32-11-13-3-2-8-31-10-13/h4-7,9,12-13,31,36H,2-3,8,10-11H2,1H3,(H,32,37)(H,34,35). The second kappa shape index (κ2) is 11.5. The van der Waals surface area contributed by atoms with Crippen LogP contribution in [0.3, 0.4) is 0 Å². The molecule has 15 heteroatoms. The molecule has 3 heterocycles. The van der Waals surface area contributed by atoms with Gasteiger partial charge >= 0.3 is 0 Å². The van der Waals surface area contributed by atoms with Crippen molar-refractivity contribution in [1.29, 1.82) is 0 Å². The SMILES string of the molecule is COc1ncc(Cl)cc1S(=O)(=O)Nc1ccc(F)c(-c2ccc3c(C(=O)NCC4CCCNC4)n[nH]c3c2F)c1F. The number of pyridine rings is 1. The molecule has 4 aromatic rings. The average molecular weight is 609 g/mol. The second-order valence-electron chi connectivity index (χ2n) is 9.39. The van der Waals surface area contributed by atoms with Gasteiger partial charge in [0, 0.05) is 23.7 Å². The quantitative estimate of drug-likeness (QED) is 0.235. The van der Waals surface area contributed by atoms with Crippen LogP contribution in [0.2, 0.25) is 5.02 Å². The summed E-state index contributed by atoms with van der Waals surface area (Å²) in [5.74, 6) is -4.18. The Balaban J connectivity index is 1.46. The highest BCUT2D eigenvalue weighted by molar-refractivity contribution is 7.92. The fourth-order valence-electron chi connectivity index (χ4n) is 4.67. The molecule has 1 aliphatic rings. The molecule has 10 nitrogen and oxygen atoms in total. The van der Waals surface area contributed by atoms with E-state index >= 15 is 8.78 Å². The van der Waals surface area contributed by atoms with Crippen molar-refractivity contribution < 1.29 is 31.1 Å². The molecule has 1 aliphatic heterocycles. The van der Waals surface area contributed by atoms with Crippen LogP contribution in [-0.4, -0.2) is 56.3 Å². The van der Waals surface area contributed by atoms with Crippen LogP contribution in [0.4, 0.5) is 18.9 Å². The summed E-state index contributed by atoms with van der Waals surface area (Å²) in [7, 11) is -3.34. The number of carbonyl (C=O) groups excluding carboxylic acids is 1. The lowest BCUT2D eigenvalue weighted by Crippen LogP contribution is -2.38. The molecule has 0 bridgehead atoms. The molecule has 1 atom stereocenters. The number of anilines is 1. The molecule has 41 heavy (non-hydrogen) atoms. The summed E-state index contributed by atoms with van der Waals surface area (Å²) < 4.78 is 79.1. The van der Waals surface area contributed by atoms with E-state index < -0.39 is 55.1 Å². The Kier molecular flexibility index (Phi) is 8.07. The van der Waals surface area contributed by atoms with Crippen LogP contribution in [0, 0.1) is 23.4 Å². The minimum Gasteiger partial charge on any atom is -0.480 e. The number of benzene rings is 2. The number of sulfonamides is 1. The van der Waals surface area contributed by atoms with Crippen LogP contribution in [0.1, 0.15) is 23.3 Å². The minimum atomic E-state index is -4.52. The van der Waals surface area contributed by atoms with Gasteiger partial charge < -0.3 is 15.4 Å². The zero-order valence-electron chi connectivity index (χ0n) is 21.5. The Labute approximate surface area is 237 Å². The van der Waals surface area contributed by atoms with Crippen LogP contribution >= 0.6 is 11.6 Å². The molecule has 0 saturated carbocycles. The first-order chi connectivity index (χ1) is 19.6. The van der Waals surface area contributed by atoms with E-state index in [0.29, 0.717) is 6.54 Å². The van der Waals surface area contributed by atoms with Gasteiger partial charge in [-0.3, -0.25) is 14.6 Å². The van der Waals surface area contributed by atoms with Crippen molar-refractivity contribution in [3.63, 3.8) is 0 Å². The second-order valence-corrected chi connectivity index (χ2v) is 11.5. The summed E-state index contributed by atoms with van der Waals surface area (Å²) in [4.78, 5) is 16.0. The van der Waals surface area contributed by atoms with Gasteiger partial charge in [-0.05, 0) is 56.1 Å². The van der Waals surface area contributed by atoms with Gasteiger partial charge in [0.2, 0.25) is 5.88 Å². The fourth-order valence-corrected chi connectivity index (χ4v) is 6.10. The molecular formula is C26H24ClF3N6O4S. The molecule has 1 amide bonds. The lowest BCUT2D eigenvalue weighted by molar-refractivity contribution is 0.0941. The topological polar surface area (TPSA) is 138 Å². The Morgan fingerprint density at radius 2 is 2.00 bits per heavy atom. The van der Waals surface area contributed by atoms with Gasteiger partial charge in [0.25, 0.3) is 15.9 Å². The van der Waals surface area contributed by atoms with E-state index in [4.69, 9.17) is 16.3 Å². The van der Waals surface area contributed by atoms with Gasteiger partial charge in [-0.2, -0.15) is 5.10 Å². The van der Waals surface area contributed by atoms with Gasteiger partial charge in [0.15, 0.2) is 22.2 Å². The maximum Gasteiger partial charge on any atom is 0.272 e. The number of hydrogen-bond donors (Lipinski definition) is 4. The molecule has 4 N–H and O–H groups in total. The van der Waals surface area contributed by atoms with Crippen molar-refractivity contribution in [3.05, 3.63) is 64.7 Å². The first-order valence-electron chi connectivity index (χ1n) is 12.5. The minimum absolute atomic E-state index is 0.0274. The van der Waals surface area contributed by atoms with E-state index in [1.165, 1.54) is 13.2 Å². The van der Waals surface area contributed by atoms with E-state index in [2.05, 4.69) is 25.8 Å². The van der Waals surface area contributed by atoms with Crippen molar-refractivity contribution in [2.24, 2.45) is 5.92 Å². The highest BCUT2D eigenvalue weighted by atomic mass is 35.5. The third-order valence-electron chi connectivity index (χ3n) is 6.71. The number of aromatic nitrogens is 3. The first-order valence-corrected chi connectivity index (χ1v) is 14.3. The number of halogens is 4. The first kappa shape index (κ1) is 28.6. The number of carbonyl (C=O) groups is 1. The van der Waals surface area contributed by atoms with Crippen molar-refractivity contribution in [2.75, 3.05) is 31.5 Å². The summed E-state index contributed by atoms with van der Waals surface area (Å²) in [5, 5.41) is 12.5. The highest BCUT2D eigenvalue weighted by Gasteiger charge is 2.27. The number of hydrogen-bond acceptors (Lipinski definition) is 7. The molecular weight excluding hydrogens is 585 g/mol. The maximum atomic E-state index is 15.6. The van der Waals surface area contributed by atoms with E-state index in [-0.39, 0.29) is 33.4 Å². The zero-order valence-corrected chi connectivity index (χ0v) is 23.1. The molecule has 0 aliphatic carbocycles. The van der Waals surface area contributed by atoms with Crippen LogP contribution in [0.25, 0.3) is 22.0 Å². The van der Waals surface area contributed by atoms with Crippen LogP contribution in [0.15, 0.2) is 41.4 Å². The van der Waals surface area contributed by atoms with Gasteiger partial charge in [0.1, 0.15) is 11.3 Å². The number of fused-ring (bicyclic) bond motifs is 1. The number of rotatable bonds is 8. The smallest absolute Gasteiger partial charge is 0.272 e. The summed E-state index contributed by atoms with van der Waals surface area (Å²) in [6.45, 7) is 2.12. The Bertz CT molecular complexity index is 1750. The Morgan fingerprint density at radius 1 is 1.20 bits per heavy atom. The third kappa shape index (κ3) is 5.67. The third-order valence-corrected chi connectivity index (χ3v) is 8.28. The molecule has 2 aromatic carbocycles. The van der Waals surface area contributed by atoms with E-state index in [1.54, 1.807) is 0 Å². The predicted molar refractivity (Wildman–Crippen MR) is 146 cm³/mol. The number of piperidine rings is 1. The highest BCUT2D eigenvalue weighted by Crippen LogP contribution is 2.36. The van der Waals surface area contributed by atoms with E-state index in [0.717, 1.165) is 56.4 Å². The summed E-state index contributed by atoms with van der Waals surface area (Å²) in [6, 6.07) is 5.10. The molecule has 216 valence electrons. The zero-order chi connectivity index (χ0) is 29.3. The number of ether oxygens (including phenoxy) is 1. The Hall–Kier alpha value is -3.88. The lowest BCUT2D eigenvalue weighted by Gasteiger charge is -2.22. The van der Waals surface area contributed by atoms with Crippen molar-refractivity contribution >= 4 is 44.1 Å². The van der Waals surface area contributed by atoms with Gasteiger partial charge in [0.05, 0.1) is 23.4 Å². The van der Waals surface area contributed by atoms with Gasteiger partial charge in [-0.1, -0.05) is 17.7 Å². The number of nitrogens with one attached hydrogen (secondary N) is 4. The number of amides is 1. The van der Waals surface area contributed by atoms with E-state index in [1.807, 2.05) is 4.72 Å². The molecule has 1 fully saturated rings. The number of aromatic amines is 1. The lowest BCUT2D eigenvalue weighted by atomic mass is 9.99. The van der Waals surface area contributed by atoms with Crippen LogP contribution < -0.4 is 20.1 Å². The van der Waals surface area contributed by atoms with Crippen LogP contribution in [-0.2, 0) is 10.0 Å². The monoisotopic (exact) mass is 608 g/mol. The molecule has 1 saturated heterocycles. The predicted octanol–water partition coefficient (Wildman–Crippen LogP) is 4.23. The largest absolute Gasteiger partial charge is 0.480 e. The maximum absolute atomic E-state index is 15.6. The average Bonchev–Trinajstić information content (AvgIpc) is 3.40. The van der Waals surface area contributed by atoms with Crippen molar-refractivity contribution in [3.8, 4) is 17.0 Å². The normalized spacial score (nSPS) is 15.6. The van der Waals surface area contributed by atoms with Gasteiger partial charge in [-0.25, -0.2) is 26.6 Å². The molecule has 0 spiro atoms. The van der Waals surface area contributed by atoms with Gasteiger partial charge in [-0.15, -0.1) is 0 Å². The molecule has 1 unspecified atom stereocenters. The van der Waals surface area contributed by atoms with Crippen LogP contribution in [0.5, 0.6) is 5.88 Å². The summed E-state index contributed by atoms with van der Waals surface area (Å²) in [5.41, 5.74) is -2.32. The van der Waals surface area contributed by atoms with Crippen molar-refractivity contribution in [2.45, 2.75) is 17.7 Å². The summed E-state index contributed by atoms with van der Waals surface area (Å²) >= 11 is 5.87. The molecule has 5 rings (SSSR count). The summed E-state index contributed by atoms with van der Waals surface area (Å²) in [6.07, 6.45) is 3.12. The molecule has 0 radical (unpaired) electrons. The Morgan fingerprint density at radius 3 is 2.73 bits per heavy atom. The van der Waals surface area contributed by atoms with Crippen molar-refractivity contribution in [1.82, 2.24) is 25.8 Å². The molecule has 2 aromatic heterocycles. The number of H-pyrrole nitrogens is 1. The number of methoxy groups -OCH3 is 1.